The maximum absolute atomic E-state index is 12.7. The summed E-state index contributed by atoms with van der Waals surface area (Å²) in [6, 6.07) is 5.76. The van der Waals surface area contributed by atoms with Crippen LogP contribution < -0.4 is 11.1 Å². The fourth-order valence-electron chi connectivity index (χ4n) is 1.72. The zero-order chi connectivity index (χ0) is 13.6. The van der Waals surface area contributed by atoms with Gasteiger partial charge in [-0.15, -0.1) is 0 Å². The molecule has 0 radical (unpaired) electrons. The van der Waals surface area contributed by atoms with Gasteiger partial charge in [-0.1, -0.05) is 13.8 Å². The topological polar surface area (TPSA) is 55.1 Å². The molecule has 0 atom stereocenters. The third-order valence-corrected chi connectivity index (χ3v) is 2.98. The number of carbonyl (C=O) groups excluding carboxylic acids is 1. The van der Waals surface area contributed by atoms with Crippen LogP contribution >= 0.6 is 0 Å². The maximum Gasteiger partial charge on any atom is 0.224 e. The second kappa shape index (κ2) is 6.50. The van der Waals surface area contributed by atoms with E-state index in [0.717, 1.165) is 12.8 Å². The van der Waals surface area contributed by atoms with Crippen LogP contribution in [0.15, 0.2) is 24.3 Å². The Bertz CT molecular complexity index is 387. The van der Waals surface area contributed by atoms with Crippen LogP contribution in [-0.4, -0.2) is 12.5 Å². The van der Waals surface area contributed by atoms with Gasteiger partial charge in [0, 0.05) is 12.1 Å². The van der Waals surface area contributed by atoms with Crippen molar-refractivity contribution in [3.8, 4) is 0 Å². The van der Waals surface area contributed by atoms with E-state index in [4.69, 9.17) is 5.73 Å². The standard InChI is InChI=1S/C14H21FN2O/c1-14(2,9-10-16)8-7-13(18)17-12-5-3-11(15)4-6-12/h3-6H,7-10,16H2,1-2H3,(H,17,18). The van der Waals surface area contributed by atoms with E-state index in [1.807, 2.05) is 0 Å². The van der Waals surface area contributed by atoms with E-state index in [1.165, 1.54) is 12.1 Å². The number of nitrogens with two attached hydrogens (primary N) is 1. The normalized spacial score (nSPS) is 11.3. The summed E-state index contributed by atoms with van der Waals surface area (Å²) in [6.45, 7) is 4.84. The van der Waals surface area contributed by atoms with Crippen LogP contribution in [0, 0.1) is 11.2 Å². The molecule has 0 aliphatic heterocycles. The third-order valence-electron chi connectivity index (χ3n) is 2.98. The SMILES string of the molecule is CC(C)(CCN)CCC(=O)Nc1ccc(F)cc1. The predicted octanol–water partition coefficient (Wildman–Crippen LogP) is 2.92. The van der Waals surface area contributed by atoms with Gasteiger partial charge >= 0.3 is 0 Å². The van der Waals surface area contributed by atoms with Crippen LogP contribution in [0.2, 0.25) is 0 Å². The monoisotopic (exact) mass is 252 g/mol. The number of anilines is 1. The van der Waals surface area contributed by atoms with Crippen LogP contribution in [-0.2, 0) is 4.79 Å². The minimum absolute atomic E-state index is 0.0493. The molecule has 3 N–H and O–H groups in total. The minimum atomic E-state index is -0.308. The highest BCUT2D eigenvalue weighted by molar-refractivity contribution is 5.90. The van der Waals surface area contributed by atoms with Crippen molar-refractivity contribution in [2.45, 2.75) is 33.1 Å². The second-order valence-electron chi connectivity index (χ2n) is 5.26. The molecule has 0 heterocycles. The van der Waals surface area contributed by atoms with Crippen LogP contribution in [0.4, 0.5) is 10.1 Å². The van der Waals surface area contributed by atoms with Crippen molar-refractivity contribution in [3.05, 3.63) is 30.1 Å². The Morgan fingerprint density at radius 2 is 1.89 bits per heavy atom. The highest BCUT2D eigenvalue weighted by atomic mass is 19.1. The molecule has 0 saturated heterocycles. The smallest absolute Gasteiger partial charge is 0.224 e. The van der Waals surface area contributed by atoms with Gasteiger partial charge in [0.25, 0.3) is 0 Å². The van der Waals surface area contributed by atoms with Gasteiger partial charge in [0.05, 0.1) is 0 Å². The average molecular weight is 252 g/mol. The van der Waals surface area contributed by atoms with Crippen molar-refractivity contribution in [3.63, 3.8) is 0 Å². The minimum Gasteiger partial charge on any atom is -0.330 e. The number of hydrogen-bond acceptors (Lipinski definition) is 2. The lowest BCUT2D eigenvalue weighted by Crippen LogP contribution is -2.20. The van der Waals surface area contributed by atoms with E-state index in [2.05, 4.69) is 19.2 Å². The largest absolute Gasteiger partial charge is 0.330 e. The first-order valence-electron chi connectivity index (χ1n) is 6.18. The van der Waals surface area contributed by atoms with Gasteiger partial charge in [0.2, 0.25) is 5.91 Å². The molecule has 1 aromatic rings. The molecular weight excluding hydrogens is 231 g/mol. The van der Waals surface area contributed by atoms with E-state index < -0.39 is 0 Å². The van der Waals surface area contributed by atoms with E-state index in [0.29, 0.717) is 18.7 Å². The first-order valence-corrected chi connectivity index (χ1v) is 6.18. The molecular formula is C14H21FN2O. The molecule has 0 aliphatic rings. The number of benzene rings is 1. The molecule has 0 aromatic heterocycles. The Kier molecular flexibility index (Phi) is 5.28. The third kappa shape index (κ3) is 5.27. The van der Waals surface area contributed by atoms with Gasteiger partial charge < -0.3 is 11.1 Å². The summed E-state index contributed by atoms with van der Waals surface area (Å²) in [7, 11) is 0. The molecule has 4 heteroatoms. The molecule has 0 bridgehead atoms. The van der Waals surface area contributed by atoms with Gasteiger partial charge in [-0.2, -0.15) is 0 Å². The van der Waals surface area contributed by atoms with E-state index in [-0.39, 0.29) is 17.1 Å². The first kappa shape index (κ1) is 14.6. The fourth-order valence-corrected chi connectivity index (χ4v) is 1.72. The van der Waals surface area contributed by atoms with Crippen molar-refractivity contribution in [1.82, 2.24) is 0 Å². The van der Waals surface area contributed by atoms with Gasteiger partial charge in [-0.3, -0.25) is 4.79 Å². The van der Waals surface area contributed by atoms with Crippen molar-refractivity contribution in [2.24, 2.45) is 11.1 Å². The Balaban J connectivity index is 2.40. The van der Waals surface area contributed by atoms with E-state index in [9.17, 15) is 9.18 Å². The summed E-state index contributed by atoms with van der Waals surface area (Å²) >= 11 is 0. The van der Waals surface area contributed by atoms with Gasteiger partial charge in [-0.25, -0.2) is 4.39 Å². The number of nitrogens with one attached hydrogen (secondary N) is 1. The Morgan fingerprint density at radius 1 is 1.28 bits per heavy atom. The lowest BCUT2D eigenvalue weighted by Gasteiger charge is -2.23. The number of hydrogen-bond donors (Lipinski definition) is 2. The molecule has 18 heavy (non-hydrogen) atoms. The molecule has 1 amide bonds. The highest BCUT2D eigenvalue weighted by Gasteiger charge is 2.18. The molecule has 0 spiro atoms. The van der Waals surface area contributed by atoms with Crippen LogP contribution in [0.1, 0.15) is 33.1 Å². The van der Waals surface area contributed by atoms with Crippen molar-refractivity contribution >= 4 is 11.6 Å². The molecule has 1 aromatic carbocycles. The van der Waals surface area contributed by atoms with Crippen molar-refractivity contribution in [2.75, 3.05) is 11.9 Å². The van der Waals surface area contributed by atoms with Gasteiger partial charge in [0.1, 0.15) is 5.82 Å². The van der Waals surface area contributed by atoms with E-state index in [1.54, 1.807) is 12.1 Å². The highest BCUT2D eigenvalue weighted by Crippen LogP contribution is 2.26. The molecule has 0 fully saturated rings. The lowest BCUT2D eigenvalue weighted by molar-refractivity contribution is -0.116. The van der Waals surface area contributed by atoms with Crippen LogP contribution in [0.25, 0.3) is 0 Å². The summed E-state index contributed by atoms with van der Waals surface area (Å²) in [4.78, 5) is 11.7. The molecule has 1 rings (SSSR count). The van der Waals surface area contributed by atoms with Crippen LogP contribution in [0.3, 0.4) is 0 Å². The summed E-state index contributed by atoms with van der Waals surface area (Å²) in [6.07, 6.45) is 2.14. The number of rotatable bonds is 6. The van der Waals surface area contributed by atoms with Crippen LogP contribution in [0.5, 0.6) is 0 Å². The van der Waals surface area contributed by atoms with Gasteiger partial charge in [-0.05, 0) is 49.1 Å². The molecule has 0 saturated carbocycles. The summed E-state index contributed by atoms with van der Waals surface area (Å²) < 4.78 is 12.7. The molecule has 100 valence electrons. The Labute approximate surface area is 108 Å². The van der Waals surface area contributed by atoms with Gasteiger partial charge in [0.15, 0.2) is 0 Å². The molecule has 0 unspecified atom stereocenters. The quantitative estimate of drug-likeness (QED) is 0.818. The fraction of sp³-hybridized carbons (Fsp3) is 0.500. The Morgan fingerprint density at radius 3 is 2.44 bits per heavy atom. The molecule has 3 nitrogen and oxygen atoms in total. The first-order chi connectivity index (χ1) is 8.43. The zero-order valence-electron chi connectivity index (χ0n) is 11.0. The average Bonchev–Trinajstić information content (AvgIpc) is 2.30. The maximum atomic E-state index is 12.7. The lowest BCUT2D eigenvalue weighted by atomic mass is 9.84. The number of halogens is 1. The van der Waals surface area contributed by atoms with Crippen molar-refractivity contribution < 1.29 is 9.18 Å². The zero-order valence-corrected chi connectivity index (χ0v) is 11.0. The number of carbonyl (C=O) groups is 1. The second-order valence-corrected chi connectivity index (χ2v) is 5.26. The number of amides is 1. The summed E-state index contributed by atoms with van der Waals surface area (Å²) in [5, 5.41) is 2.75. The summed E-state index contributed by atoms with van der Waals surface area (Å²) in [5.41, 5.74) is 6.22. The predicted molar refractivity (Wildman–Crippen MR) is 71.7 cm³/mol. The summed E-state index contributed by atoms with van der Waals surface area (Å²) in [5.74, 6) is -0.358. The van der Waals surface area contributed by atoms with E-state index >= 15 is 0 Å². The van der Waals surface area contributed by atoms with Crippen molar-refractivity contribution in [1.29, 1.82) is 0 Å². The Hall–Kier alpha value is -1.42. The molecule has 0 aliphatic carbocycles.